The lowest BCUT2D eigenvalue weighted by Gasteiger charge is -2.10. The molecule has 1 aliphatic carbocycles. The lowest BCUT2D eigenvalue weighted by molar-refractivity contribution is 0.0730. The van der Waals surface area contributed by atoms with Crippen molar-refractivity contribution >= 4 is 5.97 Å². The quantitative estimate of drug-likeness (QED) is 0.274. The van der Waals surface area contributed by atoms with E-state index in [1.165, 1.54) is 12.1 Å². The second kappa shape index (κ2) is 9.49. The molecular weight excluding hydrogens is 431 g/mol. The van der Waals surface area contributed by atoms with Crippen LogP contribution in [-0.2, 0) is 0 Å². The van der Waals surface area contributed by atoms with Gasteiger partial charge >= 0.3 is 5.97 Å². The van der Waals surface area contributed by atoms with E-state index in [9.17, 15) is 14.3 Å². The number of carbonyl (C=O) groups excluding carboxylic acids is 1. The van der Waals surface area contributed by atoms with E-state index in [-0.39, 0.29) is 17.2 Å². The number of halogens is 1. The van der Waals surface area contributed by atoms with E-state index in [2.05, 4.69) is 0 Å². The van der Waals surface area contributed by atoms with E-state index < -0.39 is 11.8 Å². The predicted molar refractivity (Wildman–Crippen MR) is 131 cm³/mol. The van der Waals surface area contributed by atoms with Crippen molar-refractivity contribution in [3.8, 4) is 33.8 Å². The van der Waals surface area contributed by atoms with Crippen LogP contribution in [0.4, 0.5) is 4.39 Å². The molecule has 1 aliphatic rings. The van der Waals surface area contributed by atoms with Crippen molar-refractivity contribution in [1.29, 1.82) is 0 Å². The Bertz CT molecular complexity index is 1360. The van der Waals surface area contributed by atoms with Gasteiger partial charge in [-0.25, -0.2) is 9.18 Å². The molecule has 0 aliphatic heterocycles. The zero-order chi connectivity index (χ0) is 24.4. The molecule has 0 radical (unpaired) electrons. The third-order valence-electron chi connectivity index (χ3n) is 6.07. The molecular formula is C29H25FO4. The number of hydrogen-bond acceptors (Lipinski definition) is 4. The minimum Gasteiger partial charge on any atom is -0.508 e. The maximum absolute atomic E-state index is 14.7. The average molecular weight is 457 g/mol. The van der Waals surface area contributed by atoms with Gasteiger partial charge in [-0.2, -0.15) is 0 Å². The van der Waals surface area contributed by atoms with Crippen LogP contribution in [-0.4, -0.2) is 23.3 Å². The molecule has 1 unspecified atom stereocenters. The highest BCUT2D eigenvalue weighted by atomic mass is 19.1. The number of esters is 1. The van der Waals surface area contributed by atoms with Crippen LogP contribution in [0.15, 0.2) is 78.9 Å². The molecule has 5 rings (SSSR count). The Morgan fingerprint density at radius 3 is 2.12 bits per heavy atom. The number of phenolic OH excluding ortho intramolecular Hbond substituents is 1. The molecule has 4 aromatic rings. The smallest absolute Gasteiger partial charge is 0.346 e. The average Bonchev–Trinajstić information content (AvgIpc) is 3.11. The number of benzene rings is 4. The Morgan fingerprint density at radius 1 is 0.824 bits per heavy atom. The number of ether oxygens (including phenoxy) is 1. The van der Waals surface area contributed by atoms with Crippen LogP contribution in [0.25, 0.3) is 22.3 Å². The minimum atomic E-state index is -0.737. The molecule has 0 fully saturated rings. The molecule has 1 atom stereocenters. The van der Waals surface area contributed by atoms with Crippen molar-refractivity contribution in [2.75, 3.05) is 7.11 Å². The highest BCUT2D eigenvalue weighted by molar-refractivity contribution is 5.92. The second-order valence-corrected chi connectivity index (χ2v) is 8.19. The first-order chi connectivity index (χ1) is 16.4. The second-order valence-electron chi connectivity index (χ2n) is 8.19. The molecule has 172 valence electrons. The molecule has 0 spiro atoms. The van der Waals surface area contributed by atoms with Gasteiger partial charge in [0, 0.05) is 13.0 Å². The summed E-state index contributed by atoms with van der Waals surface area (Å²) in [6, 6.07) is 23.0. The van der Waals surface area contributed by atoms with Crippen molar-refractivity contribution in [3.05, 3.63) is 107 Å². The summed E-state index contributed by atoms with van der Waals surface area (Å²) in [6.45, 7) is 4.03. The van der Waals surface area contributed by atoms with Crippen molar-refractivity contribution < 1.29 is 24.1 Å². The van der Waals surface area contributed by atoms with E-state index >= 15 is 0 Å². The summed E-state index contributed by atoms with van der Waals surface area (Å²) in [6.07, 6.45) is 0. The number of aryl methyl sites for hydroxylation is 1. The summed E-state index contributed by atoms with van der Waals surface area (Å²) in [5.74, 6) is -0.722. The molecule has 34 heavy (non-hydrogen) atoms. The highest BCUT2D eigenvalue weighted by Crippen LogP contribution is 2.46. The van der Waals surface area contributed by atoms with Crippen LogP contribution in [0.5, 0.6) is 11.5 Å². The van der Waals surface area contributed by atoms with Gasteiger partial charge in [0.25, 0.3) is 0 Å². The molecule has 0 bridgehead atoms. The van der Waals surface area contributed by atoms with Gasteiger partial charge in [0.15, 0.2) is 0 Å². The zero-order valence-electron chi connectivity index (χ0n) is 19.2. The van der Waals surface area contributed by atoms with E-state index in [1.54, 1.807) is 24.3 Å². The lowest BCUT2D eigenvalue weighted by atomic mass is 9.99. The molecule has 0 amide bonds. The topological polar surface area (TPSA) is 66.8 Å². The molecule has 4 nitrogen and oxygen atoms in total. The fourth-order valence-corrected chi connectivity index (χ4v) is 4.30. The van der Waals surface area contributed by atoms with E-state index in [1.807, 2.05) is 56.3 Å². The number of rotatable bonds is 3. The molecule has 2 N–H and O–H groups in total. The number of aliphatic hydroxyl groups excluding tert-OH is 1. The number of aliphatic hydroxyl groups is 1. The normalized spacial score (nSPS) is 13.4. The van der Waals surface area contributed by atoms with Crippen LogP contribution in [0, 0.1) is 12.7 Å². The zero-order valence-corrected chi connectivity index (χ0v) is 19.2. The third kappa shape index (κ3) is 4.30. The van der Waals surface area contributed by atoms with E-state index in [0.717, 1.165) is 40.5 Å². The van der Waals surface area contributed by atoms with E-state index in [4.69, 9.17) is 9.84 Å². The van der Waals surface area contributed by atoms with Crippen LogP contribution in [0.3, 0.4) is 0 Å². The molecule has 0 saturated carbocycles. The fraction of sp³-hybridized carbons (Fsp3) is 0.138. The Balaban J connectivity index is 0.00000133. The number of aromatic hydroxyl groups is 1. The van der Waals surface area contributed by atoms with Gasteiger partial charge < -0.3 is 14.9 Å². The van der Waals surface area contributed by atoms with E-state index in [0.29, 0.717) is 11.3 Å². The van der Waals surface area contributed by atoms with Crippen molar-refractivity contribution in [3.63, 3.8) is 0 Å². The molecule has 5 heteroatoms. The molecule has 0 heterocycles. The summed E-state index contributed by atoms with van der Waals surface area (Å²) >= 11 is 0. The van der Waals surface area contributed by atoms with Gasteiger partial charge in [-0.1, -0.05) is 55.0 Å². The first kappa shape index (κ1) is 23.2. The maximum atomic E-state index is 14.7. The summed E-state index contributed by atoms with van der Waals surface area (Å²) in [5.41, 5.74) is 6.73. The number of fused-ring (bicyclic) bond motifs is 3. The lowest BCUT2D eigenvalue weighted by Crippen LogP contribution is -2.11. The van der Waals surface area contributed by atoms with Gasteiger partial charge in [0.1, 0.15) is 17.3 Å². The van der Waals surface area contributed by atoms with Gasteiger partial charge in [-0.15, -0.1) is 0 Å². The molecule has 0 saturated heterocycles. The first-order valence-corrected chi connectivity index (χ1v) is 10.9. The Morgan fingerprint density at radius 2 is 1.44 bits per heavy atom. The minimum absolute atomic E-state index is 0.0521. The number of hydrogen-bond donors (Lipinski definition) is 2. The van der Waals surface area contributed by atoms with Crippen LogP contribution >= 0.6 is 0 Å². The van der Waals surface area contributed by atoms with Gasteiger partial charge in [-0.3, -0.25) is 0 Å². The third-order valence-corrected chi connectivity index (χ3v) is 6.07. The number of carbonyl (C=O) groups is 1. The summed E-state index contributed by atoms with van der Waals surface area (Å²) in [7, 11) is 1.00. The Labute approximate surface area is 197 Å². The first-order valence-electron chi connectivity index (χ1n) is 10.9. The molecule has 4 aromatic carbocycles. The SMILES string of the molecule is CO.Cc1ccc(-c2ccc(C(=O)Oc3ccc4c(c3)C(C)c3cc(O)ccc3-4)c(F)c2)cc1. The Hall–Kier alpha value is -3.96. The maximum Gasteiger partial charge on any atom is 0.346 e. The van der Waals surface area contributed by atoms with Crippen LogP contribution in [0.1, 0.15) is 39.9 Å². The highest BCUT2D eigenvalue weighted by Gasteiger charge is 2.26. The largest absolute Gasteiger partial charge is 0.508 e. The summed E-state index contributed by atoms with van der Waals surface area (Å²) in [5, 5.41) is 16.8. The van der Waals surface area contributed by atoms with Crippen molar-refractivity contribution in [2.45, 2.75) is 19.8 Å². The molecule has 0 aromatic heterocycles. The standard InChI is InChI=1S/C28H21FO3.CH4O/c1-16-3-5-18(6-4-16)19-7-10-24(27(29)13-19)28(31)32-21-9-12-23-22-11-8-20(30)14-25(22)17(2)26(23)15-21;1-2/h3-15,17,30H,1-2H3;2H,1H3. The summed E-state index contributed by atoms with van der Waals surface area (Å²) in [4.78, 5) is 12.7. The Kier molecular flexibility index (Phi) is 6.48. The number of phenols is 1. The fourth-order valence-electron chi connectivity index (χ4n) is 4.30. The monoisotopic (exact) mass is 456 g/mol. The van der Waals surface area contributed by atoms with Crippen LogP contribution in [0.2, 0.25) is 0 Å². The van der Waals surface area contributed by atoms with Crippen molar-refractivity contribution in [2.24, 2.45) is 0 Å². The predicted octanol–water partition coefficient (Wildman–Crippen LogP) is 6.47. The van der Waals surface area contributed by atoms with Gasteiger partial charge in [0.05, 0.1) is 5.56 Å². The van der Waals surface area contributed by atoms with Crippen molar-refractivity contribution in [1.82, 2.24) is 0 Å². The van der Waals surface area contributed by atoms with Gasteiger partial charge in [-0.05, 0) is 76.7 Å². The van der Waals surface area contributed by atoms with Gasteiger partial charge in [0.2, 0.25) is 0 Å². The van der Waals surface area contributed by atoms with Crippen LogP contribution < -0.4 is 4.74 Å². The summed E-state index contributed by atoms with van der Waals surface area (Å²) < 4.78 is 20.3.